The first-order chi connectivity index (χ1) is 21.4. The molecule has 1 saturated heterocycles. The summed E-state index contributed by atoms with van der Waals surface area (Å²) < 4.78 is 65.5. The minimum atomic E-state index is 0.309. The second-order valence-electron chi connectivity index (χ2n) is 9.20. The molecule has 0 saturated carbocycles. The highest BCUT2D eigenvalue weighted by molar-refractivity contribution is 4.82. The van der Waals surface area contributed by atoms with Crippen LogP contribution in [0.25, 0.3) is 0 Å². The highest BCUT2D eigenvalue weighted by atomic mass is 16.6. The summed E-state index contributed by atoms with van der Waals surface area (Å²) in [7, 11) is 0. The summed E-state index contributed by atoms with van der Waals surface area (Å²) in [5.74, 6) is 2.40. The van der Waals surface area contributed by atoms with Gasteiger partial charge in [-0.05, 0) is 25.9 Å². The molecule has 13 heteroatoms. The van der Waals surface area contributed by atoms with Crippen LogP contribution in [0.3, 0.4) is 0 Å². The van der Waals surface area contributed by atoms with E-state index in [1.54, 1.807) is 0 Å². The molecule has 1 aliphatic rings. The van der Waals surface area contributed by atoms with Gasteiger partial charge in [0.05, 0.1) is 151 Å². The van der Waals surface area contributed by atoms with Gasteiger partial charge in [0, 0.05) is 0 Å². The second kappa shape index (κ2) is 35.5. The fourth-order valence-corrected chi connectivity index (χ4v) is 3.57. The number of ether oxygens (including phenoxy) is 12. The molecule has 13 nitrogen and oxygen atoms in total. The van der Waals surface area contributed by atoms with Crippen LogP contribution in [0.2, 0.25) is 0 Å². The van der Waals surface area contributed by atoms with Crippen molar-refractivity contribution < 1.29 is 56.8 Å². The molecule has 0 amide bonds. The number of nitrogens with one attached hydrogen (secondary N) is 1. The first kappa shape index (κ1) is 40.1. The lowest BCUT2D eigenvalue weighted by Gasteiger charge is -2.22. The van der Waals surface area contributed by atoms with Gasteiger partial charge in [0.15, 0.2) is 0 Å². The predicted molar refractivity (Wildman–Crippen MR) is 160 cm³/mol. The summed E-state index contributed by atoms with van der Waals surface area (Å²) in [5.41, 5.74) is 0. The van der Waals surface area contributed by atoms with Crippen molar-refractivity contribution in [3.63, 3.8) is 0 Å². The summed E-state index contributed by atoms with van der Waals surface area (Å²) in [6.45, 7) is 14.0. The van der Waals surface area contributed by atoms with Crippen LogP contribution in [-0.4, -0.2) is 171 Å². The molecule has 0 spiro atoms. The van der Waals surface area contributed by atoms with Crippen LogP contribution in [0.1, 0.15) is 12.8 Å². The van der Waals surface area contributed by atoms with Gasteiger partial charge in [-0.3, -0.25) is 0 Å². The van der Waals surface area contributed by atoms with E-state index in [4.69, 9.17) is 63.3 Å². The van der Waals surface area contributed by atoms with Gasteiger partial charge < -0.3 is 62.2 Å². The molecule has 1 N–H and O–H groups in total. The largest absolute Gasteiger partial charge is 0.377 e. The molecule has 0 aromatic heterocycles. The number of rotatable bonds is 35. The van der Waals surface area contributed by atoms with Crippen molar-refractivity contribution in [2.24, 2.45) is 0 Å². The number of hydrogen-bond donors (Lipinski definition) is 1. The van der Waals surface area contributed by atoms with Crippen molar-refractivity contribution in [3.8, 4) is 12.3 Å². The van der Waals surface area contributed by atoms with Crippen LogP contribution in [-0.2, 0) is 56.8 Å². The summed E-state index contributed by atoms with van der Waals surface area (Å²) in [6, 6.07) is 0. The maximum atomic E-state index is 5.79. The SMILES string of the molecule is C#CCOCCOCCOCCOCCOCCOCCOCCOCCOCCOCCOCCOC1CCNCC1. The van der Waals surface area contributed by atoms with Gasteiger partial charge in [-0.1, -0.05) is 5.92 Å². The molecular formula is C30H57NO12. The summed E-state index contributed by atoms with van der Waals surface area (Å²) in [5, 5.41) is 3.33. The van der Waals surface area contributed by atoms with E-state index >= 15 is 0 Å². The van der Waals surface area contributed by atoms with Crippen molar-refractivity contribution in [3.05, 3.63) is 0 Å². The van der Waals surface area contributed by atoms with E-state index in [-0.39, 0.29) is 0 Å². The van der Waals surface area contributed by atoms with E-state index in [1.165, 1.54) is 0 Å². The zero-order valence-electron chi connectivity index (χ0n) is 26.1. The number of piperidine rings is 1. The van der Waals surface area contributed by atoms with Gasteiger partial charge in [-0.25, -0.2) is 0 Å². The molecule has 1 fully saturated rings. The maximum Gasteiger partial charge on any atom is 0.107 e. The number of terminal acetylenes is 1. The topological polar surface area (TPSA) is 123 Å². The van der Waals surface area contributed by atoms with E-state index in [2.05, 4.69) is 11.2 Å². The minimum Gasteiger partial charge on any atom is -0.377 e. The summed E-state index contributed by atoms with van der Waals surface area (Å²) in [6.07, 6.45) is 7.61. The van der Waals surface area contributed by atoms with Crippen molar-refractivity contribution >= 4 is 0 Å². The third-order valence-corrected chi connectivity index (χ3v) is 5.77. The minimum absolute atomic E-state index is 0.309. The van der Waals surface area contributed by atoms with Gasteiger partial charge in [-0.2, -0.15) is 0 Å². The fraction of sp³-hybridized carbons (Fsp3) is 0.933. The molecule has 1 heterocycles. The zero-order valence-corrected chi connectivity index (χ0v) is 26.1. The third-order valence-electron chi connectivity index (χ3n) is 5.77. The molecule has 1 rings (SSSR count). The first-order valence-corrected chi connectivity index (χ1v) is 15.5. The van der Waals surface area contributed by atoms with Crippen LogP contribution in [0, 0.1) is 12.3 Å². The van der Waals surface area contributed by atoms with E-state index in [9.17, 15) is 0 Å². The lowest BCUT2D eigenvalue weighted by molar-refractivity contribution is -0.0325. The molecule has 254 valence electrons. The Hall–Kier alpha value is -0.960. The smallest absolute Gasteiger partial charge is 0.107 e. The predicted octanol–water partition coefficient (Wildman–Crippen LogP) is 0.571. The monoisotopic (exact) mass is 623 g/mol. The highest BCUT2D eigenvalue weighted by Crippen LogP contribution is 2.06. The van der Waals surface area contributed by atoms with Gasteiger partial charge in [-0.15, -0.1) is 6.42 Å². The molecule has 0 bridgehead atoms. The van der Waals surface area contributed by atoms with Crippen LogP contribution < -0.4 is 5.32 Å². The van der Waals surface area contributed by atoms with E-state index in [1.807, 2.05) is 0 Å². The molecule has 0 atom stereocenters. The van der Waals surface area contributed by atoms with Crippen LogP contribution in [0.4, 0.5) is 0 Å². The van der Waals surface area contributed by atoms with Crippen LogP contribution >= 0.6 is 0 Å². The Labute approximate surface area is 258 Å². The zero-order chi connectivity index (χ0) is 30.6. The van der Waals surface area contributed by atoms with Crippen molar-refractivity contribution in [1.29, 1.82) is 0 Å². The van der Waals surface area contributed by atoms with Gasteiger partial charge in [0.1, 0.15) is 6.61 Å². The van der Waals surface area contributed by atoms with Crippen molar-refractivity contribution in [2.75, 3.05) is 165 Å². The molecule has 43 heavy (non-hydrogen) atoms. The third kappa shape index (κ3) is 32.3. The Morgan fingerprint density at radius 2 is 0.651 bits per heavy atom. The Balaban J connectivity index is 1.60. The Morgan fingerprint density at radius 1 is 0.395 bits per heavy atom. The summed E-state index contributed by atoms with van der Waals surface area (Å²) in [4.78, 5) is 0. The lowest BCUT2D eigenvalue weighted by atomic mass is 10.1. The fourth-order valence-electron chi connectivity index (χ4n) is 3.57. The van der Waals surface area contributed by atoms with Crippen molar-refractivity contribution in [2.45, 2.75) is 18.9 Å². The molecule has 0 aromatic carbocycles. The molecule has 0 unspecified atom stereocenters. The Kier molecular flexibility index (Phi) is 33.1. The average Bonchev–Trinajstić information content (AvgIpc) is 3.03. The molecular weight excluding hydrogens is 566 g/mol. The molecule has 0 aliphatic carbocycles. The lowest BCUT2D eigenvalue weighted by Crippen LogP contribution is -2.33. The quantitative estimate of drug-likeness (QED) is 0.0783. The van der Waals surface area contributed by atoms with Crippen LogP contribution in [0.15, 0.2) is 0 Å². The maximum absolute atomic E-state index is 5.79. The van der Waals surface area contributed by atoms with Gasteiger partial charge >= 0.3 is 0 Å². The summed E-state index contributed by atoms with van der Waals surface area (Å²) >= 11 is 0. The Morgan fingerprint density at radius 3 is 0.930 bits per heavy atom. The van der Waals surface area contributed by atoms with E-state index in [0.29, 0.717) is 158 Å². The van der Waals surface area contributed by atoms with Gasteiger partial charge in [0.25, 0.3) is 0 Å². The molecule has 0 aromatic rings. The molecule has 1 aliphatic heterocycles. The number of hydrogen-bond acceptors (Lipinski definition) is 13. The highest BCUT2D eigenvalue weighted by Gasteiger charge is 2.12. The normalized spacial score (nSPS) is 13.9. The second-order valence-corrected chi connectivity index (χ2v) is 9.20. The average molecular weight is 624 g/mol. The van der Waals surface area contributed by atoms with Gasteiger partial charge in [0.2, 0.25) is 0 Å². The standard InChI is InChI=1S/C30H57NO12/c1-2-7-32-8-9-33-10-11-34-12-13-35-14-15-36-16-17-37-18-19-38-20-21-39-22-23-40-24-25-41-26-27-42-28-29-43-30-3-5-31-6-4-30/h1,30-31H,3-29H2. The Bertz CT molecular complexity index is 578. The van der Waals surface area contributed by atoms with E-state index < -0.39 is 0 Å². The van der Waals surface area contributed by atoms with E-state index in [0.717, 1.165) is 25.9 Å². The van der Waals surface area contributed by atoms with Crippen LogP contribution in [0.5, 0.6) is 0 Å². The first-order valence-electron chi connectivity index (χ1n) is 15.5. The van der Waals surface area contributed by atoms with Crippen molar-refractivity contribution in [1.82, 2.24) is 5.32 Å². The molecule has 0 radical (unpaired) electrons.